The summed E-state index contributed by atoms with van der Waals surface area (Å²) in [6.07, 6.45) is 1.34. The summed E-state index contributed by atoms with van der Waals surface area (Å²) in [5, 5.41) is 10.3. The SMILES string of the molecule is COc1ccccc1/C(O)=C/c1nc2ccccc2[nH]c1=O. The van der Waals surface area contributed by atoms with Crippen molar-refractivity contribution < 1.29 is 9.84 Å². The predicted octanol–water partition coefficient (Wildman–Crippen LogP) is 2.99. The van der Waals surface area contributed by atoms with E-state index in [2.05, 4.69) is 9.97 Å². The van der Waals surface area contributed by atoms with Gasteiger partial charge in [0, 0.05) is 6.08 Å². The zero-order chi connectivity index (χ0) is 15.5. The van der Waals surface area contributed by atoms with Crippen LogP contribution in [0.25, 0.3) is 22.9 Å². The zero-order valence-electron chi connectivity index (χ0n) is 11.9. The van der Waals surface area contributed by atoms with Crippen molar-refractivity contribution in [3.63, 3.8) is 0 Å². The van der Waals surface area contributed by atoms with E-state index in [-0.39, 0.29) is 17.0 Å². The number of H-pyrrole nitrogens is 1. The number of benzene rings is 2. The minimum Gasteiger partial charge on any atom is -0.507 e. The first-order chi connectivity index (χ1) is 10.7. The molecule has 0 saturated carbocycles. The van der Waals surface area contributed by atoms with E-state index in [0.29, 0.717) is 22.3 Å². The molecule has 110 valence electrons. The Hall–Kier alpha value is -3.08. The lowest BCUT2D eigenvalue weighted by atomic mass is 10.1. The van der Waals surface area contributed by atoms with Crippen LogP contribution in [0.1, 0.15) is 11.3 Å². The van der Waals surface area contributed by atoms with E-state index in [1.165, 1.54) is 13.2 Å². The summed E-state index contributed by atoms with van der Waals surface area (Å²) in [4.78, 5) is 19.1. The third-order valence-corrected chi connectivity index (χ3v) is 3.28. The van der Waals surface area contributed by atoms with Gasteiger partial charge in [-0.25, -0.2) is 4.98 Å². The first-order valence-corrected chi connectivity index (χ1v) is 6.72. The van der Waals surface area contributed by atoms with Crippen molar-refractivity contribution in [2.24, 2.45) is 0 Å². The Kier molecular flexibility index (Phi) is 3.62. The lowest BCUT2D eigenvalue weighted by molar-refractivity contribution is 0.409. The average Bonchev–Trinajstić information content (AvgIpc) is 2.55. The van der Waals surface area contributed by atoms with Crippen LogP contribution in [0.4, 0.5) is 0 Å². The molecular weight excluding hydrogens is 280 g/mol. The number of hydrogen-bond donors (Lipinski definition) is 2. The Morgan fingerprint density at radius 1 is 1.18 bits per heavy atom. The number of nitrogens with zero attached hydrogens (tertiary/aromatic N) is 1. The highest BCUT2D eigenvalue weighted by Gasteiger charge is 2.09. The van der Waals surface area contributed by atoms with Gasteiger partial charge < -0.3 is 14.8 Å². The fraction of sp³-hybridized carbons (Fsp3) is 0.0588. The van der Waals surface area contributed by atoms with Gasteiger partial charge in [-0.2, -0.15) is 0 Å². The maximum Gasteiger partial charge on any atom is 0.274 e. The molecule has 0 fully saturated rings. The van der Waals surface area contributed by atoms with Crippen molar-refractivity contribution in [3.8, 4) is 5.75 Å². The number of ether oxygens (including phenoxy) is 1. The fourth-order valence-corrected chi connectivity index (χ4v) is 2.21. The molecule has 0 amide bonds. The van der Waals surface area contributed by atoms with Gasteiger partial charge in [0.2, 0.25) is 0 Å². The zero-order valence-corrected chi connectivity index (χ0v) is 11.9. The third-order valence-electron chi connectivity index (χ3n) is 3.28. The number of aliphatic hydroxyl groups excluding tert-OH is 1. The Morgan fingerprint density at radius 3 is 2.73 bits per heavy atom. The van der Waals surface area contributed by atoms with Crippen LogP contribution >= 0.6 is 0 Å². The molecule has 0 saturated heterocycles. The van der Waals surface area contributed by atoms with Gasteiger partial charge in [0.25, 0.3) is 5.56 Å². The molecule has 2 aromatic carbocycles. The van der Waals surface area contributed by atoms with Crippen LogP contribution < -0.4 is 10.3 Å². The van der Waals surface area contributed by atoms with Crippen molar-refractivity contribution in [3.05, 3.63) is 70.1 Å². The maximum atomic E-state index is 12.0. The van der Waals surface area contributed by atoms with Crippen LogP contribution in [0.3, 0.4) is 0 Å². The average molecular weight is 294 g/mol. The first-order valence-electron chi connectivity index (χ1n) is 6.72. The van der Waals surface area contributed by atoms with Gasteiger partial charge in [0.15, 0.2) is 0 Å². The van der Waals surface area contributed by atoms with Gasteiger partial charge in [-0.3, -0.25) is 4.79 Å². The third kappa shape index (κ3) is 2.56. The molecule has 0 spiro atoms. The molecule has 0 aliphatic rings. The molecule has 0 aliphatic carbocycles. The number of methoxy groups -OCH3 is 1. The van der Waals surface area contributed by atoms with Gasteiger partial charge in [0.1, 0.15) is 17.2 Å². The molecule has 1 aromatic heterocycles. The Labute approximate surface area is 126 Å². The fourth-order valence-electron chi connectivity index (χ4n) is 2.21. The number of para-hydroxylation sites is 3. The molecule has 0 bridgehead atoms. The lowest BCUT2D eigenvalue weighted by Crippen LogP contribution is -2.12. The number of aliphatic hydroxyl groups is 1. The van der Waals surface area contributed by atoms with Gasteiger partial charge >= 0.3 is 0 Å². The second-order valence-corrected chi connectivity index (χ2v) is 4.70. The molecule has 3 aromatic rings. The van der Waals surface area contributed by atoms with Crippen LogP contribution in [-0.4, -0.2) is 22.2 Å². The van der Waals surface area contributed by atoms with Crippen molar-refractivity contribution in [1.82, 2.24) is 9.97 Å². The van der Waals surface area contributed by atoms with Gasteiger partial charge in [-0.15, -0.1) is 0 Å². The van der Waals surface area contributed by atoms with Crippen molar-refractivity contribution in [1.29, 1.82) is 0 Å². The number of nitrogens with one attached hydrogen (secondary N) is 1. The highest BCUT2D eigenvalue weighted by atomic mass is 16.5. The van der Waals surface area contributed by atoms with Crippen LogP contribution in [-0.2, 0) is 0 Å². The minimum atomic E-state index is -0.361. The molecule has 1 heterocycles. The number of fused-ring (bicyclic) bond motifs is 1. The highest BCUT2D eigenvalue weighted by molar-refractivity contribution is 5.80. The first kappa shape index (κ1) is 13.9. The topological polar surface area (TPSA) is 75.2 Å². The molecule has 2 N–H and O–H groups in total. The Balaban J connectivity index is 2.11. The van der Waals surface area contributed by atoms with E-state index in [0.717, 1.165) is 0 Å². The summed E-state index contributed by atoms with van der Waals surface area (Å²) in [5.74, 6) is 0.444. The summed E-state index contributed by atoms with van der Waals surface area (Å²) in [5.41, 5.74) is 1.59. The molecule has 5 nitrogen and oxygen atoms in total. The highest BCUT2D eigenvalue weighted by Crippen LogP contribution is 2.24. The maximum absolute atomic E-state index is 12.0. The standard InChI is InChI=1S/C17H14N2O3/c1-22-16-9-5-2-6-11(16)15(20)10-14-17(21)19-13-8-4-3-7-12(13)18-14/h2-10,20H,1H3,(H,19,21)/b15-10-. The monoisotopic (exact) mass is 294 g/mol. The second kappa shape index (κ2) is 5.73. The summed E-state index contributed by atoms with van der Waals surface area (Å²) >= 11 is 0. The van der Waals surface area contributed by atoms with Crippen molar-refractivity contribution >= 4 is 22.9 Å². The van der Waals surface area contributed by atoms with E-state index >= 15 is 0 Å². The van der Waals surface area contributed by atoms with Crippen LogP contribution in [0, 0.1) is 0 Å². The minimum absolute atomic E-state index is 0.0780. The van der Waals surface area contributed by atoms with E-state index in [1.54, 1.807) is 36.4 Å². The van der Waals surface area contributed by atoms with E-state index in [9.17, 15) is 9.90 Å². The molecule has 5 heteroatoms. The summed E-state index contributed by atoms with van der Waals surface area (Å²) in [7, 11) is 1.52. The molecule has 3 rings (SSSR count). The molecule has 0 unspecified atom stereocenters. The van der Waals surface area contributed by atoms with E-state index in [4.69, 9.17) is 4.74 Å². The van der Waals surface area contributed by atoms with Crippen molar-refractivity contribution in [2.75, 3.05) is 7.11 Å². The number of aromatic nitrogens is 2. The normalized spacial score (nSPS) is 11.6. The quantitative estimate of drug-likeness (QED) is 0.728. The number of rotatable bonds is 3. The Morgan fingerprint density at radius 2 is 1.91 bits per heavy atom. The van der Waals surface area contributed by atoms with Gasteiger partial charge in [-0.05, 0) is 24.3 Å². The largest absolute Gasteiger partial charge is 0.507 e. The summed E-state index contributed by atoms with van der Waals surface area (Å²) in [6, 6.07) is 14.2. The van der Waals surface area contributed by atoms with E-state index < -0.39 is 0 Å². The molecule has 0 atom stereocenters. The van der Waals surface area contributed by atoms with Crippen LogP contribution in [0.5, 0.6) is 5.75 Å². The second-order valence-electron chi connectivity index (χ2n) is 4.70. The van der Waals surface area contributed by atoms with Crippen molar-refractivity contribution in [2.45, 2.75) is 0 Å². The number of hydrogen-bond acceptors (Lipinski definition) is 4. The Bertz CT molecular complexity index is 913. The number of aromatic amines is 1. The lowest BCUT2D eigenvalue weighted by Gasteiger charge is -2.07. The molecule has 22 heavy (non-hydrogen) atoms. The van der Waals surface area contributed by atoms with E-state index in [1.807, 2.05) is 12.1 Å². The predicted molar refractivity (Wildman–Crippen MR) is 85.9 cm³/mol. The summed E-state index contributed by atoms with van der Waals surface area (Å²) < 4.78 is 5.20. The van der Waals surface area contributed by atoms with Crippen LogP contribution in [0.15, 0.2) is 53.3 Å². The van der Waals surface area contributed by atoms with Gasteiger partial charge in [-0.1, -0.05) is 24.3 Å². The van der Waals surface area contributed by atoms with Gasteiger partial charge in [0.05, 0.1) is 23.7 Å². The molecule has 0 aliphatic heterocycles. The smallest absolute Gasteiger partial charge is 0.274 e. The molecular formula is C17H14N2O3. The van der Waals surface area contributed by atoms with Crippen LogP contribution in [0.2, 0.25) is 0 Å². The molecule has 0 radical (unpaired) electrons. The summed E-state index contributed by atoms with van der Waals surface area (Å²) in [6.45, 7) is 0.